The van der Waals surface area contributed by atoms with Gasteiger partial charge in [0.05, 0.1) is 148 Å². The van der Waals surface area contributed by atoms with Crippen LogP contribution in [0.3, 0.4) is 0 Å². The Hall–Kier alpha value is -13.1. The van der Waals surface area contributed by atoms with E-state index in [0.29, 0.717) is 107 Å². The fourth-order valence-electron chi connectivity index (χ4n) is 18.7. The molecule has 12 aromatic rings. The van der Waals surface area contributed by atoms with Crippen LogP contribution >= 0.6 is 0 Å². The molecule has 24 heteroatoms. The van der Waals surface area contributed by atoms with Crippen LogP contribution in [0.4, 0.5) is 0 Å². The van der Waals surface area contributed by atoms with Crippen LogP contribution in [0, 0.1) is 0 Å². The summed E-state index contributed by atoms with van der Waals surface area (Å²) in [6, 6.07) is 79.2. The van der Waals surface area contributed by atoms with Gasteiger partial charge in [-0.3, -0.25) is 0 Å². The zero-order chi connectivity index (χ0) is 94.3. The fraction of sp³-hybridized carbons (Fsp3) is 0.315. The van der Waals surface area contributed by atoms with E-state index in [0.717, 1.165) is 100 Å². The highest BCUT2D eigenvalue weighted by Crippen LogP contribution is 2.63. The predicted molar refractivity (Wildman–Crippen MR) is 511 cm³/mol. The van der Waals surface area contributed by atoms with E-state index in [1.807, 2.05) is 97.1 Å². The Bertz CT molecular complexity index is 5940. The van der Waals surface area contributed by atoms with Crippen molar-refractivity contribution in [1.29, 1.82) is 0 Å². The lowest BCUT2D eigenvalue weighted by Gasteiger charge is -2.35. The van der Waals surface area contributed by atoms with Gasteiger partial charge >= 0.3 is 23.9 Å². The summed E-state index contributed by atoms with van der Waals surface area (Å²) in [6.45, 7) is 13.2. The molecule has 0 heterocycles. The second kappa shape index (κ2) is 45.8. The third-order valence-corrected chi connectivity index (χ3v) is 24.5. The molecule has 0 fully saturated rings. The highest BCUT2D eigenvalue weighted by atomic mass is 16.6. The lowest BCUT2D eigenvalue weighted by Crippen LogP contribution is -2.30. The first-order chi connectivity index (χ1) is 66.1. The molecule has 0 radical (unpaired) electrons. The molecule has 2 N–H and O–H groups in total. The van der Waals surface area contributed by atoms with E-state index >= 15 is 0 Å². The molecule has 0 aliphatic heterocycles. The van der Waals surface area contributed by atoms with E-state index in [4.69, 9.17) is 85.3 Å². The van der Waals surface area contributed by atoms with Crippen LogP contribution in [-0.2, 0) is 82.6 Å². The smallest absolute Gasteiger partial charge is 0.341 e. The zero-order valence-corrected chi connectivity index (χ0v) is 77.4. The van der Waals surface area contributed by atoms with Crippen molar-refractivity contribution < 1.29 is 115 Å². The van der Waals surface area contributed by atoms with Crippen LogP contribution in [0.5, 0.6) is 34.5 Å². The number of carbonyl (C=O) groups is 4. The molecular weight excluding hydrogens is 1720 g/mol. The van der Waals surface area contributed by atoms with Crippen molar-refractivity contribution in [2.75, 3.05) is 187 Å². The van der Waals surface area contributed by atoms with Crippen molar-refractivity contribution >= 4 is 23.9 Å². The van der Waals surface area contributed by atoms with E-state index in [1.54, 1.807) is 105 Å². The van der Waals surface area contributed by atoms with Gasteiger partial charge in [-0.25, -0.2) is 19.2 Å². The molecule has 0 bridgehead atoms. The third kappa shape index (κ3) is 20.2. The van der Waals surface area contributed by atoms with E-state index < -0.39 is 40.1 Å². The summed E-state index contributed by atoms with van der Waals surface area (Å²) in [5.74, 6) is -1.22. The molecule has 0 spiro atoms. The Morgan fingerprint density at radius 3 is 0.704 bits per heavy atom. The molecule has 1 unspecified atom stereocenters. The van der Waals surface area contributed by atoms with Gasteiger partial charge in [-0.15, -0.1) is 0 Å². The molecule has 3 aliphatic carbocycles. The molecule has 3 aliphatic rings. The van der Waals surface area contributed by atoms with E-state index in [1.165, 1.54) is 0 Å². The predicted octanol–water partition coefficient (Wildman–Crippen LogP) is 18.4. The van der Waals surface area contributed by atoms with Crippen LogP contribution < -0.4 is 18.9 Å². The van der Waals surface area contributed by atoms with Gasteiger partial charge in [-0.05, 0) is 247 Å². The summed E-state index contributed by atoms with van der Waals surface area (Å²) in [5, 5.41) is 22.8. The van der Waals surface area contributed by atoms with Gasteiger partial charge in [0.2, 0.25) is 0 Å². The molecule has 0 amide bonds. The monoisotopic (exact) mass is 1830 g/mol. The first kappa shape index (κ1) is 96.5. The van der Waals surface area contributed by atoms with Crippen LogP contribution in [0.25, 0.3) is 55.6 Å². The molecule has 0 saturated carbocycles. The summed E-state index contributed by atoms with van der Waals surface area (Å²) in [7, 11) is 6.42. The lowest BCUT2D eigenvalue weighted by molar-refractivity contribution is 0.0177. The SMILES string of the molecule is CCOC(=O)c1cc(C2(c3ccc(OCCOCCOCCOC)c(C(=O)OCC)c3)c3ccccc3-c3ccc(-c4ccc5c(c4)C(c4ccc(O)cc4)(c4ccc(O)cc4)c4cc(-c6ccc7c(c6)C(c6ccc(OCCOCCOCCOC)c(C(=O)OCC)c6)(c6ccc(OCCOCCOCCOC)c(C(=O)OCC)c6)c6ccccc6-7)ccc4-5)cc32)ccc1OCCOC. The van der Waals surface area contributed by atoms with Crippen molar-refractivity contribution in [3.63, 3.8) is 0 Å². The van der Waals surface area contributed by atoms with Gasteiger partial charge in [0.25, 0.3) is 0 Å². The highest BCUT2D eigenvalue weighted by molar-refractivity contribution is 6.00. The van der Waals surface area contributed by atoms with Crippen molar-refractivity contribution in [1.82, 2.24) is 0 Å². The molecule has 1 atom stereocenters. The number of ether oxygens (including phenoxy) is 18. The van der Waals surface area contributed by atoms with Crippen LogP contribution in [-0.4, -0.2) is 221 Å². The number of fused-ring (bicyclic) bond motifs is 9. The quantitative estimate of drug-likeness (QED) is 0.0204. The molecule has 24 nitrogen and oxygen atoms in total. The number of hydrogen-bond acceptors (Lipinski definition) is 24. The molecule has 15 rings (SSSR count). The number of hydrogen-bond donors (Lipinski definition) is 2. The first-order valence-corrected chi connectivity index (χ1v) is 45.7. The summed E-state index contributed by atoms with van der Waals surface area (Å²) in [6.07, 6.45) is 0. The second-order valence-electron chi connectivity index (χ2n) is 32.2. The van der Waals surface area contributed by atoms with Crippen molar-refractivity contribution in [3.05, 3.63) is 332 Å². The lowest BCUT2D eigenvalue weighted by atomic mass is 9.66. The van der Waals surface area contributed by atoms with Crippen molar-refractivity contribution in [2.45, 2.75) is 43.9 Å². The normalized spacial score (nSPS) is 13.8. The number of esters is 4. The Morgan fingerprint density at radius 1 is 0.230 bits per heavy atom. The molecule has 0 aromatic heterocycles. The van der Waals surface area contributed by atoms with Crippen LogP contribution in [0.15, 0.2) is 243 Å². The number of aromatic hydroxyl groups is 2. The Balaban J connectivity index is 0.900. The highest BCUT2D eigenvalue weighted by Gasteiger charge is 2.52. The number of carbonyl (C=O) groups excluding carboxylic acids is 4. The van der Waals surface area contributed by atoms with Crippen LogP contribution in [0.1, 0.15) is 136 Å². The van der Waals surface area contributed by atoms with E-state index in [2.05, 4.69) is 97.1 Å². The summed E-state index contributed by atoms with van der Waals surface area (Å²) >= 11 is 0. The largest absolute Gasteiger partial charge is 0.508 e. The maximum atomic E-state index is 14.8. The van der Waals surface area contributed by atoms with Gasteiger partial charge in [0.15, 0.2) is 0 Å². The van der Waals surface area contributed by atoms with Crippen molar-refractivity contribution in [2.24, 2.45) is 0 Å². The minimum Gasteiger partial charge on any atom is -0.508 e. The number of phenols is 2. The maximum Gasteiger partial charge on any atom is 0.341 e. The fourth-order valence-corrected chi connectivity index (χ4v) is 18.7. The molecule has 702 valence electrons. The second-order valence-corrected chi connectivity index (χ2v) is 32.2. The Labute approximate surface area is 787 Å². The van der Waals surface area contributed by atoms with Gasteiger partial charge in [-0.1, -0.05) is 146 Å². The van der Waals surface area contributed by atoms with E-state index in [9.17, 15) is 29.4 Å². The number of benzene rings is 12. The summed E-state index contributed by atoms with van der Waals surface area (Å²) in [5.41, 5.74) is 14.9. The minimum atomic E-state index is -1.33. The topological polar surface area (TPSA) is 275 Å². The van der Waals surface area contributed by atoms with Crippen molar-refractivity contribution in [3.8, 4) is 90.1 Å². The average Bonchev–Trinajstić information content (AvgIpc) is 1.56. The number of phenolic OH excluding ortho intramolecular Hbond substituents is 2. The standard InChI is InChI=1S/C111H114O24/c1-9-128-105(114)91-69-79(29-41-101(91)132-61-48-121-8)110(80-30-42-102(92(70-80)106(115)129-10-2)133-62-58-125-55-52-122-49-45-118-5)95-19-15-13-17-85(95)87-37-21-75(67-99(87)110)73-23-39-89-90-40-24-74(66-98(90)109(97(89)65-73,77-25-33-83(112)34-26-77)78-27-35-84(113)36-28-78)76-22-38-88-86-18-14-16-20-96(86)111(100(88)68-76,81-31-43-103(93(71-81)107(116)130-11-3)134-63-59-126-56-53-123-50-46-119-6)82-32-44-104(94(72-82)108(117)131-12-4)135-64-60-127-57-54-124-51-47-120-7/h13-44,65-72,112-113H,9-12,45-64H2,1-8H3. The summed E-state index contributed by atoms with van der Waals surface area (Å²) < 4.78 is 105. The summed E-state index contributed by atoms with van der Waals surface area (Å²) in [4.78, 5) is 58.9. The molecule has 0 saturated heterocycles. The van der Waals surface area contributed by atoms with Gasteiger partial charge < -0.3 is 95.5 Å². The molecule has 12 aromatic carbocycles. The molecular formula is C111H114O24. The maximum absolute atomic E-state index is 14.8. The van der Waals surface area contributed by atoms with E-state index in [-0.39, 0.29) is 130 Å². The third-order valence-electron chi connectivity index (χ3n) is 24.5. The minimum absolute atomic E-state index is 0.0569. The Kier molecular flexibility index (Phi) is 32.7. The first-order valence-electron chi connectivity index (χ1n) is 45.7. The molecule has 135 heavy (non-hydrogen) atoms. The average molecular weight is 1830 g/mol. The van der Waals surface area contributed by atoms with Crippen LogP contribution in [0.2, 0.25) is 0 Å². The zero-order valence-electron chi connectivity index (χ0n) is 77.4. The Morgan fingerprint density at radius 2 is 0.444 bits per heavy atom. The van der Waals surface area contributed by atoms with Gasteiger partial charge in [0, 0.05) is 28.4 Å². The number of rotatable bonds is 50. The van der Waals surface area contributed by atoms with Gasteiger partial charge in [0.1, 0.15) is 83.2 Å². The number of methoxy groups -OCH3 is 4. The van der Waals surface area contributed by atoms with Gasteiger partial charge in [-0.2, -0.15) is 0 Å².